The molecule has 0 bridgehead atoms. The molecule has 0 aliphatic carbocycles. The Morgan fingerprint density at radius 1 is 0.717 bits per heavy atom. The van der Waals surface area contributed by atoms with E-state index >= 15 is 0 Å². The van der Waals surface area contributed by atoms with E-state index in [1.807, 2.05) is 49.6 Å². The van der Waals surface area contributed by atoms with Crippen LogP contribution in [0, 0.1) is 6.07 Å². The minimum atomic E-state index is -3.92. The van der Waals surface area contributed by atoms with Gasteiger partial charge in [0.15, 0.2) is 0 Å². The van der Waals surface area contributed by atoms with E-state index in [1.165, 1.54) is 33.1 Å². The van der Waals surface area contributed by atoms with Crippen LogP contribution in [0.25, 0.3) is 28.0 Å². The first-order chi connectivity index (χ1) is 23.9. The Morgan fingerprint density at radius 3 is 1.55 bits per heavy atom. The molecular weight excluding hydrogens is 792 g/mol. The predicted octanol–water partition coefficient (Wildman–Crippen LogP) is 12.4. The molecule has 4 aromatic carbocycles. The summed E-state index contributed by atoms with van der Waals surface area (Å²) in [7, 11) is -0.924. The quantitative estimate of drug-likeness (QED) is 0.0998. The van der Waals surface area contributed by atoms with Gasteiger partial charge < -0.3 is 19.8 Å². The summed E-state index contributed by atoms with van der Waals surface area (Å²) >= 11 is 0. The Hall–Kier alpha value is -2.72. The maximum atomic E-state index is 9.08. The van der Waals surface area contributed by atoms with Crippen LogP contribution < -0.4 is 14.8 Å². The van der Waals surface area contributed by atoms with Crippen LogP contribution >= 0.6 is 7.92 Å². The second kappa shape index (κ2) is 20.3. The van der Waals surface area contributed by atoms with Gasteiger partial charge >= 0.3 is 20.4 Å². The van der Waals surface area contributed by atoms with Crippen molar-refractivity contribution in [3.05, 3.63) is 101 Å². The molecule has 0 saturated heterocycles. The van der Waals surface area contributed by atoms with Crippen molar-refractivity contribution in [2.45, 2.75) is 111 Å². The number of hydrogen-bond acceptors (Lipinski definition) is 5. The van der Waals surface area contributed by atoms with Gasteiger partial charge in [0.25, 0.3) is 0 Å². The van der Waals surface area contributed by atoms with E-state index in [0.717, 1.165) is 22.6 Å². The van der Waals surface area contributed by atoms with Gasteiger partial charge in [-0.3, -0.25) is 0 Å². The molecule has 0 amide bonds. The third-order valence-electron chi connectivity index (χ3n) is 8.42. The van der Waals surface area contributed by atoms with E-state index in [9.17, 15) is 0 Å². The van der Waals surface area contributed by atoms with Crippen LogP contribution in [0.4, 0.5) is 5.69 Å². The monoisotopic (exact) mass is 852 g/mol. The summed E-state index contributed by atoms with van der Waals surface area (Å²) in [6, 6.07) is 27.4. The van der Waals surface area contributed by atoms with Crippen LogP contribution in [0.1, 0.15) is 118 Å². The molecule has 0 heterocycles. The van der Waals surface area contributed by atoms with Gasteiger partial charge in [-0.25, -0.2) is 8.42 Å². The molecule has 1 N–H and O–H groups in total. The van der Waals surface area contributed by atoms with Crippen LogP contribution in [0.5, 0.6) is 11.5 Å². The summed E-state index contributed by atoms with van der Waals surface area (Å²) < 4.78 is 39.4. The molecule has 0 aliphatic heterocycles. The Morgan fingerprint density at radius 2 is 1.17 bits per heavy atom. The number of nitrogens with one attached hydrogen (secondary N) is 1. The fraction of sp³-hybridized carbons (Fsp3) is 0.455. The molecule has 0 saturated carbocycles. The largest absolute Gasteiger partial charge is 2.00 e. The van der Waals surface area contributed by atoms with Crippen LogP contribution in [0.3, 0.4) is 0 Å². The Kier molecular flexibility index (Phi) is 18.5. The first-order valence-corrected chi connectivity index (χ1v) is 21.0. The molecule has 0 aliphatic rings. The number of hydrogen-bond donors (Lipinski definition) is 0. The second-order valence-electron chi connectivity index (χ2n) is 15.9. The second-order valence-corrected chi connectivity index (χ2v) is 21.1. The van der Waals surface area contributed by atoms with Gasteiger partial charge in [0.2, 0.25) is 0 Å². The Balaban J connectivity index is 0.000000603. The van der Waals surface area contributed by atoms with E-state index in [1.54, 1.807) is 13.2 Å². The molecule has 0 unspecified atom stereocenters. The van der Waals surface area contributed by atoms with Crippen molar-refractivity contribution in [2.24, 2.45) is 0 Å². The molecule has 9 heteroatoms. The van der Waals surface area contributed by atoms with Crippen molar-refractivity contribution < 1.29 is 42.9 Å². The molecule has 4 rings (SSSR count). The molecule has 4 aromatic rings. The Labute approximate surface area is 336 Å². The maximum absolute atomic E-state index is 9.08. The van der Waals surface area contributed by atoms with Crippen molar-refractivity contribution in [1.82, 2.24) is 0 Å². The Bertz CT molecular complexity index is 1810. The minimum Gasteiger partial charge on any atom is -0.748 e. The molecule has 0 fully saturated rings. The van der Waals surface area contributed by atoms with E-state index in [0.29, 0.717) is 29.7 Å². The molecule has 53 heavy (non-hydrogen) atoms. The van der Waals surface area contributed by atoms with Crippen molar-refractivity contribution in [1.29, 1.82) is 0 Å². The van der Waals surface area contributed by atoms with Crippen LogP contribution in [-0.2, 0) is 30.5 Å². The van der Waals surface area contributed by atoms with E-state index < -0.39 is 18.0 Å². The predicted molar refractivity (Wildman–Crippen MR) is 224 cm³/mol. The van der Waals surface area contributed by atoms with Gasteiger partial charge in [0, 0.05) is 17.1 Å². The third kappa shape index (κ3) is 13.8. The topological polar surface area (TPSA) is 99.5 Å². The van der Waals surface area contributed by atoms with Gasteiger partial charge in [0.1, 0.15) is 11.5 Å². The first kappa shape index (κ1) is 48.3. The SMILES string of the molecule is COc1ccc(OC)c(P(C(C)(C)C)C(C)(C)C)c1-c1c(C(C)C)cc(C(C)C)cc1C(C)C.CS(=O)(=O)[O-].[NH-]c1ccccc1-c1[c]cccc1.[Pd+2]. The smallest absolute Gasteiger partial charge is 0.748 e. The van der Waals surface area contributed by atoms with Crippen LogP contribution in [-0.4, -0.2) is 43.8 Å². The molecule has 0 atom stereocenters. The van der Waals surface area contributed by atoms with E-state index in [2.05, 4.69) is 113 Å². The first-order valence-electron chi connectivity index (χ1n) is 17.9. The van der Waals surface area contributed by atoms with Crippen molar-refractivity contribution in [3.63, 3.8) is 0 Å². The summed E-state index contributed by atoms with van der Waals surface area (Å²) in [6.07, 6.45) is 0.604. The zero-order valence-corrected chi connectivity index (χ0v) is 37.6. The molecule has 1 radical (unpaired) electrons. The number of methoxy groups -OCH3 is 2. The van der Waals surface area contributed by atoms with Gasteiger partial charge in [-0.1, -0.05) is 152 Å². The molecule has 293 valence electrons. The van der Waals surface area contributed by atoms with Gasteiger partial charge in [-0.2, -0.15) is 0 Å². The summed E-state index contributed by atoms with van der Waals surface area (Å²) in [4.78, 5) is 0. The summed E-state index contributed by atoms with van der Waals surface area (Å²) in [6.45, 7) is 28.1. The molecular formula is C44H61NO5PPdS. The summed E-state index contributed by atoms with van der Waals surface area (Å²) in [5.41, 5.74) is 16.9. The number of rotatable bonds is 8. The maximum Gasteiger partial charge on any atom is 2.00 e. The summed E-state index contributed by atoms with van der Waals surface area (Å²) in [5, 5.41) is 1.52. The average molecular weight is 853 g/mol. The van der Waals surface area contributed by atoms with E-state index in [4.69, 9.17) is 28.2 Å². The normalized spacial score (nSPS) is 11.8. The summed E-state index contributed by atoms with van der Waals surface area (Å²) in [5.74, 6) is 3.19. The van der Waals surface area contributed by atoms with Crippen LogP contribution in [0.15, 0.2) is 72.8 Å². The molecule has 0 aromatic heterocycles. The third-order valence-corrected chi connectivity index (χ3v) is 12.0. The fourth-order valence-corrected chi connectivity index (χ4v) is 10.7. The minimum absolute atomic E-state index is 0. The zero-order valence-electron chi connectivity index (χ0n) is 34.4. The molecule has 0 spiro atoms. The van der Waals surface area contributed by atoms with Gasteiger partial charge in [0.05, 0.1) is 24.3 Å². The van der Waals surface area contributed by atoms with E-state index in [-0.39, 0.29) is 30.7 Å². The van der Waals surface area contributed by atoms with Gasteiger partial charge in [-0.15, -0.1) is 5.69 Å². The zero-order chi connectivity index (χ0) is 39.8. The van der Waals surface area contributed by atoms with Crippen molar-refractivity contribution in [3.8, 4) is 33.8 Å². The fourth-order valence-electron chi connectivity index (χ4n) is 6.55. The van der Waals surface area contributed by atoms with Crippen LogP contribution in [0.2, 0.25) is 0 Å². The number of benzene rings is 4. The average Bonchev–Trinajstić information content (AvgIpc) is 3.02. The molecule has 6 nitrogen and oxygen atoms in total. The number of ether oxygens (including phenoxy) is 2. The van der Waals surface area contributed by atoms with Crippen molar-refractivity contribution in [2.75, 3.05) is 20.5 Å². The van der Waals surface area contributed by atoms with Gasteiger partial charge in [-0.05, 0) is 79.6 Å². The standard InChI is InChI=1S/C31H49O2P.C12H9N.CH4O3S.Pd/c1-19(2)22-17-23(20(3)4)27(24(18-22)21(5)6)28-25(32-13)15-16-26(33-14)29(28)34(30(7,8)9)31(10,11)12;13-12-9-5-4-8-11(12)10-6-2-1-3-7-10;1-5(2,3)4;/h15-21H,1-14H3;1-6,8-9,13H;1H3,(H,2,3,4);/q;-1;;+2/p-1. The van der Waals surface area contributed by atoms with Crippen molar-refractivity contribution >= 4 is 29.0 Å².